The lowest BCUT2D eigenvalue weighted by molar-refractivity contribution is -0.147. The number of carboxylic acids is 1. The molecule has 0 aromatic heterocycles. The summed E-state index contributed by atoms with van der Waals surface area (Å²) in [4.78, 5) is 24.8. The van der Waals surface area contributed by atoms with Crippen molar-refractivity contribution in [3.05, 3.63) is 71.3 Å². The number of ketones is 1. The molecular formula is C22H19ClO3. The Morgan fingerprint density at radius 2 is 1.31 bits per heavy atom. The van der Waals surface area contributed by atoms with Crippen LogP contribution in [0, 0.1) is 23.7 Å². The van der Waals surface area contributed by atoms with Crippen molar-refractivity contribution in [2.24, 2.45) is 23.7 Å². The molecule has 3 aliphatic carbocycles. The zero-order chi connectivity index (χ0) is 18.3. The maximum atomic E-state index is 13.1. The van der Waals surface area contributed by atoms with Crippen molar-refractivity contribution < 1.29 is 14.7 Å². The molecule has 2 aromatic carbocycles. The van der Waals surface area contributed by atoms with E-state index in [2.05, 4.69) is 0 Å². The molecule has 0 heterocycles. The quantitative estimate of drug-likeness (QED) is 0.604. The van der Waals surface area contributed by atoms with Gasteiger partial charge >= 0.3 is 5.97 Å². The van der Waals surface area contributed by atoms with Gasteiger partial charge in [0.05, 0.1) is 5.92 Å². The highest BCUT2D eigenvalue weighted by Crippen LogP contribution is 2.46. The molecule has 0 amide bonds. The molecular weight excluding hydrogens is 348 g/mol. The SMILES string of the molecule is O=C(O)C1C2C=CC(CC2)C1C(=O)c1ccc(-c2ccc(Cl)cc2)cc1. The minimum Gasteiger partial charge on any atom is -0.481 e. The zero-order valence-electron chi connectivity index (χ0n) is 14.1. The van der Waals surface area contributed by atoms with Gasteiger partial charge in [0.15, 0.2) is 5.78 Å². The summed E-state index contributed by atoms with van der Waals surface area (Å²) >= 11 is 5.92. The number of carboxylic acid groups (broad SMARTS) is 1. The highest BCUT2D eigenvalue weighted by molar-refractivity contribution is 6.30. The fourth-order valence-corrected chi connectivity index (χ4v) is 4.48. The van der Waals surface area contributed by atoms with Crippen LogP contribution >= 0.6 is 11.6 Å². The molecule has 3 aliphatic rings. The van der Waals surface area contributed by atoms with Crippen molar-refractivity contribution in [2.75, 3.05) is 0 Å². The first kappa shape index (κ1) is 17.0. The zero-order valence-corrected chi connectivity index (χ0v) is 14.9. The first-order chi connectivity index (χ1) is 12.5. The number of aliphatic carboxylic acids is 1. The lowest BCUT2D eigenvalue weighted by atomic mass is 9.60. The van der Waals surface area contributed by atoms with E-state index < -0.39 is 17.8 Å². The second-order valence-electron chi connectivity index (χ2n) is 7.13. The van der Waals surface area contributed by atoms with Crippen molar-refractivity contribution in [3.8, 4) is 11.1 Å². The molecule has 1 N–H and O–H groups in total. The van der Waals surface area contributed by atoms with E-state index in [1.165, 1.54) is 0 Å². The fourth-order valence-electron chi connectivity index (χ4n) is 4.35. The fraction of sp³-hybridized carbons (Fsp3) is 0.273. The Morgan fingerprint density at radius 3 is 1.81 bits per heavy atom. The van der Waals surface area contributed by atoms with Gasteiger partial charge in [0.1, 0.15) is 0 Å². The standard InChI is InChI=1S/C22H19ClO3/c23-18-11-9-14(10-12-18)13-1-7-17(8-2-13)21(24)19-15-3-5-16(6-4-15)20(19)22(25)26/h1-3,5,7-12,15-16,19-20H,4,6H2,(H,25,26). The Labute approximate surface area is 157 Å². The number of Topliss-reactive ketones (excluding diaryl/α,β-unsaturated/α-hetero) is 1. The lowest BCUT2D eigenvalue weighted by Gasteiger charge is -2.42. The average molecular weight is 367 g/mol. The van der Waals surface area contributed by atoms with Crippen molar-refractivity contribution in [3.63, 3.8) is 0 Å². The molecule has 1 fully saturated rings. The Hall–Kier alpha value is -2.39. The molecule has 2 bridgehead atoms. The largest absolute Gasteiger partial charge is 0.481 e. The highest BCUT2D eigenvalue weighted by atomic mass is 35.5. The number of carbonyl (C=O) groups excluding carboxylic acids is 1. The molecule has 0 radical (unpaired) electrons. The summed E-state index contributed by atoms with van der Waals surface area (Å²) < 4.78 is 0. The summed E-state index contributed by atoms with van der Waals surface area (Å²) in [5.41, 5.74) is 2.61. The van der Waals surface area contributed by atoms with Crippen LogP contribution in [0.15, 0.2) is 60.7 Å². The molecule has 0 saturated heterocycles. The third-order valence-electron chi connectivity index (χ3n) is 5.68. The van der Waals surface area contributed by atoms with Crippen LogP contribution in [-0.2, 0) is 4.79 Å². The van der Waals surface area contributed by atoms with Gasteiger partial charge in [0.25, 0.3) is 0 Å². The predicted molar refractivity (Wildman–Crippen MR) is 101 cm³/mol. The van der Waals surface area contributed by atoms with E-state index in [0.717, 1.165) is 24.0 Å². The maximum absolute atomic E-state index is 13.1. The van der Waals surface area contributed by atoms with Crippen molar-refractivity contribution >= 4 is 23.4 Å². The first-order valence-corrected chi connectivity index (χ1v) is 9.24. The smallest absolute Gasteiger partial charge is 0.307 e. The molecule has 2 aromatic rings. The number of halogens is 1. The number of carbonyl (C=O) groups is 2. The van der Waals surface area contributed by atoms with Gasteiger partial charge in [-0.15, -0.1) is 0 Å². The lowest BCUT2D eigenvalue weighted by Crippen LogP contribution is -2.45. The Bertz CT molecular complexity index is 867. The van der Waals surface area contributed by atoms with Crippen LogP contribution in [0.25, 0.3) is 11.1 Å². The van der Waals surface area contributed by atoms with Crippen molar-refractivity contribution in [1.29, 1.82) is 0 Å². The number of hydrogen-bond donors (Lipinski definition) is 1. The van der Waals surface area contributed by atoms with Crippen LogP contribution in [0.4, 0.5) is 0 Å². The maximum Gasteiger partial charge on any atom is 0.307 e. The molecule has 4 atom stereocenters. The number of allylic oxidation sites excluding steroid dienone is 2. The molecule has 0 aliphatic heterocycles. The van der Waals surface area contributed by atoms with Gasteiger partial charge in [0, 0.05) is 16.5 Å². The number of rotatable bonds is 4. The van der Waals surface area contributed by atoms with Crippen molar-refractivity contribution in [2.45, 2.75) is 12.8 Å². The van der Waals surface area contributed by atoms with E-state index >= 15 is 0 Å². The number of hydrogen-bond acceptors (Lipinski definition) is 2. The Morgan fingerprint density at radius 1 is 0.808 bits per heavy atom. The summed E-state index contributed by atoms with van der Waals surface area (Å²) in [5, 5.41) is 10.3. The molecule has 0 spiro atoms. The summed E-state index contributed by atoms with van der Waals surface area (Å²) in [5.74, 6) is -1.98. The van der Waals surface area contributed by atoms with Gasteiger partial charge in [0.2, 0.25) is 0 Å². The topological polar surface area (TPSA) is 54.4 Å². The van der Waals surface area contributed by atoms with E-state index in [9.17, 15) is 14.7 Å². The van der Waals surface area contributed by atoms with Gasteiger partial charge in [-0.1, -0.05) is 60.2 Å². The molecule has 1 saturated carbocycles. The molecule has 4 heteroatoms. The third-order valence-corrected chi connectivity index (χ3v) is 5.94. The molecule has 5 rings (SSSR count). The summed E-state index contributed by atoms with van der Waals surface area (Å²) in [6.45, 7) is 0. The van der Waals surface area contributed by atoms with Gasteiger partial charge < -0.3 is 5.11 Å². The molecule has 4 unspecified atom stereocenters. The predicted octanol–water partition coefficient (Wildman–Crippen LogP) is 5.10. The van der Waals surface area contributed by atoms with Gasteiger partial charge in [-0.25, -0.2) is 0 Å². The number of benzene rings is 2. The van der Waals surface area contributed by atoms with E-state index in [-0.39, 0.29) is 17.6 Å². The highest BCUT2D eigenvalue weighted by Gasteiger charge is 2.48. The van der Waals surface area contributed by atoms with Crippen LogP contribution in [0.1, 0.15) is 23.2 Å². The van der Waals surface area contributed by atoms with Crippen LogP contribution in [0.5, 0.6) is 0 Å². The van der Waals surface area contributed by atoms with Gasteiger partial charge in [-0.2, -0.15) is 0 Å². The van der Waals surface area contributed by atoms with Gasteiger partial charge in [-0.05, 0) is 47.9 Å². The Balaban J connectivity index is 1.61. The molecule has 132 valence electrons. The monoisotopic (exact) mass is 366 g/mol. The molecule has 3 nitrogen and oxygen atoms in total. The van der Waals surface area contributed by atoms with Crippen molar-refractivity contribution in [1.82, 2.24) is 0 Å². The normalized spacial score (nSPS) is 26.7. The van der Waals surface area contributed by atoms with Gasteiger partial charge in [-0.3, -0.25) is 9.59 Å². The second kappa shape index (κ2) is 6.73. The third kappa shape index (κ3) is 2.97. The minimum atomic E-state index is -0.861. The van der Waals surface area contributed by atoms with Crippen LogP contribution in [0.3, 0.4) is 0 Å². The van der Waals surface area contributed by atoms with Crippen LogP contribution in [0.2, 0.25) is 5.02 Å². The Kier molecular flexibility index (Phi) is 4.41. The summed E-state index contributed by atoms with van der Waals surface area (Å²) in [6.07, 6.45) is 5.78. The summed E-state index contributed by atoms with van der Waals surface area (Å²) in [7, 11) is 0. The minimum absolute atomic E-state index is 0.0280. The molecule has 26 heavy (non-hydrogen) atoms. The van der Waals surface area contributed by atoms with E-state index in [0.29, 0.717) is 10.6 Å². The summed E-state index contributed by atoms with van der Waals surface area (Å²) in [6, 6.07) is 15.0. The second-order valence-corrected chi connectivity index (χ2v) is 7.56. The number of fused-ring (bicyclic) bond motifs is 2. The van der Waals surface area contributed by atoms with E-state index in [4.69, 9.17) is 11.6 Å². The van der Waals surface area contributed by atoms with E-state index in [1.807, 2.05) is 48.6 Å². The first-order valence-electron chi connectivity index (χ1n) is 8.86. The van der Waals surface area contributed by atoms with E-state index in [1.54, 1.807) is 12.1 Å². The average Bonchev–Trinajstić information content (AvgIpc) is 2.68. The van der Waals surface area contributed by atoms with Crippen LogP contribution in [-0.4, -0.2) is 16.9 Å². The van der Waals surface area contributed by atoms with Crippen LogP contribution < -0.4 is 0 Å².